The highest BCUT2D eigenvalue weighted by atomic mass is 16.5. The zero-order valence-corrected chi connectivity index (χ0v) is 12.4. The van der Waals surface area contributed by atoms with Crippen molar-refractivity contribution in [1.82, 2.24) is 20.2 Å². The monoisotopic (exact) mass is 300 g/mol. The van der Waals surface area contributed by atoms with Gasteiger partial charge in [0, 0.05) is 18.9 Å². The SMILES string of the molecule is CCc1noc(CN(C)C(=O)Cc2noc3ccccc23)n1. The second-order valence-electron chi connectivity index (χ2n) is 5.01. The third-order valence-electron chi connectivity index (χ3n) is 3.40. The number of amides is 1. The summed E-state index contributed by atoms with van der Waals surface area (Å²) in [5, 5.41) is 8.64. The number of benzene rings is 1. The lowest BCUT2D eigenvalue weighted by Gasteiger charge is -2.13. The smallest absolute Gasteiger partial charge is 0.246 e. The van der Waals surface area contributed by atoms with Gasteiger partial charge in [0.05, 0.1) is 13.0 Å². The molecule has 0 fully saturated rings. The summed E-state index contributed by atoms with van der Waals surface area (Å²) < 4.78 is 10.3. The molecule has 22 heavy (non-hydrogen) atoms. The Labute approximate surface area is 126 Å². The number of carbonyl (C=O) groups is 1. The van der Waals surface area contributed by atoms with E-state index in [4.69, 9.17) is 9.05 Å². The number of rotatable bonds is 5. The maximum absolute atomic E-state index is 12.3. The van der Waals surface area contributed by atoms with Crippen molar-refractivity contribution in [2.45, 2.75) is 26.3 Å². The molecule has 0 atom stereocenters. The van der Waals surface area contributed by atoms with Crippen LogP contribution in [0.4, 0.5) is 0 Å². The van der Waals surface area contributed by atoms with Gasteiger partial charge in [0.1, 0.15) is 5.69 Å². The Kier molecular flexibility index (Phi) is 3.86. The summed E-state index contributed by atoms with van der Waals surface area (Å²) in [6.07, 6.45) is 0.869. The molecule has 0 unspecified atom stereocenters. The molecule has 0 aliphatic heterocycles. The number of nitrogens with zero attached hydrogens (tertiary/aromatic N) is 4. The molecular weight excluding hydrogens is 284 g/mol. The number of aryl methyl sites for hydroxylation is 1. The van der Waals surface area contributed by atoms with Gasteiger partial charge in [-0.05, 0) is 12.1 Å². The molecule has 0 saturated heterocycles. The Bertz CT molecular complexity index is 793. The third kappa shape index (κ3) is 2.83. The number of hydrogen-bond acceptors (Lipinski definition) is 6. The summed E-state index contributed by atoms with van der Waals surface area (Å²) in [4.78, 5) is 18.0. The first-order valence-electron chi connectivity index (χ1n) is 7.06. The molecule has 7 nitrogen and oxygen atoms in total. The van der Waals surface area contributed by atoms with E-state index in [-0.39, 0.29) is 18.9 Å². The zero-order valence-electron chi connectivity index (χ0n) is 12.4. The zero-order chi connectivity index (χ0) is 15.5. The largest absolute Gasteiger partial charge is 0.356 e. The van der Waals surface area contributed by atoms with Gasteiger partial charge < -0.3 is 13.9 Å². The minimum absolute atomic E-state index is 0.0877. The van der Waals surface area contributed by atoms with E-state index in [1.807, 2.05) is 31.2 Å². The van der Waals surface area contributed by atoms with Gasteiger partial charge in [-0.2, -0.15) is 4.98 Å². The van der Waals surface area contributed by atoms with Crippen molar-refractivity contribution in [3.05, 3.63) is 41.7 Å². The Balaban J connectivity index is 1.68. The first-order valence-corrected chi connectivity index (χ1v) is 7.06. The second-order valence-corrected chi connectivity index (χ2v) is 5.01. The summed E-state index contributed by atoms with van der Waals surface area (Å²) in [6, 6.07) is 7.47. The minimum Gasteiger partial charge on any atom is -0.356 e. The van der Waals surface area contributed by atoms with Crippen LogP contribution in [0, 0.1) is 0 Å². The first-order chi connectivity index (χ1) is 10.7. The van der Waals surface area contributed by atoms with Crippen LogP contribution >= 0.6 is 0 Å². The Morgan fingerprint density at radius 3 is 2.82 bits per heavy atom. The predicted molar refractivity (Wildman–Crippen MR) is 77.9 cm³/mol. The molecule has 0 saturated carbocycles. The standard InChI is InChI=1S/C15H16N4O3/c1-3-13-16-14(22-18-13)9-19(2)15(20)8-11-10-6-4-5-7-12(10)21-17-11/h4-7H,3,8-9H2,1-2H3. The molecule has 114 valence electrons. The summed E-state index contributed by atoms with van der Waals surface area (Å²) in [5.41, 5.74) is 1.31. The lowest BCUT2D eigenvalue weighted by Crippen LogP contribution is -2.28. The highest BCUT2D eigenvalue weighted by Crippen LogP contribution is 2.18. The van der Waals surface area contributed by atoms with E-state index >= 15 is 0 Å². The number of hydrogen-bond donors (Lipinski definition) is 0. The molecule has 0 aliphatic carbocycles. The number of para-hydroxylation sites is 1. The number of likely N-dealkylation sites (N-methyl/N-ethyl adjacent to an activating group) is 1. The molecule has 0 bridgehead atoms. The number of carbonyl (C=O) groups excluding carboxylic acids is 1. The molecule has 1 amide bonds. The van der Waals surface area contributed by atoms with Gasteiger partial charge in [-0.3, -0.25) is 4.79 Å². The third-order valence-corrected chi connectivity index (χ3v) is 3.40. The van der Waals surface area contributed by atoms with Crippen molar-refractivity contribution in [1.29, 1.82) is 0 Å². The van der Waals surface area contributed by atoms with Gasteiger partial charge in [0.2, 0.25) is 11.8 Å². The van der Waals surface area contributed by atoms with Crippen molar-refractivity contribution >= 4 is 16.9 Å². The summed E-state index contributed by atoms with van der Waals surface area (Å²) >= 11 is 0. The molecule has 1 aromatic carbocycles. The number of fused-ring (bicyclic) bond motifs is 1. The van der Waals surface area contributed by atoms with E-state index < -0.39 is 0 Å². The quantitative estimate of drug-likeness (QED) is 0.716. The lowest BCUT2D eigenvalue weighted by molar-refractivity contribution is -0.130. The first kappa shape index (κ1) is 14.2. The van der Waals surface area contributed by atoms with Crippen LogP contribution in [0.2, 0.25) is 0 Å². The van der Waals surface area contributed by atoms with Gasteiger partial charge in [-0.15, -0.1) is 0 Å². The van der Waals surface area contributed by atoms with Crippen molar-refractivity contribution in [3.63, 3.8) is 0 Å². The predicted octanol–water partition coefficient (Wildman–Crippen LogP) is 1.97. The molecular formula is C15H16N4O3. The van der Waals surface area contributed by atoms with Crippen LogP contribution in [-0.4, -0.2) is 33.2 Å². The molecule has 0 N–H and O–H groups in total. The molecule has 3 aromatic rings. The maximum Gasteiger partial charge on any atom is 0.246 e. The van der Waals surface area contributed by atoms with Crippen LogP contribution < -0.4 is 0 Å². The van der Waals surface area contributed by atoms with Crippen LogP contribution in [0.1, 0.15) is 24.3 Å². The van der Waals surface area contributed by atoms with Crippen molar-refractivity contribution in [2.75, 3.05) is 7.05 Å². The normalized spacial score (nSPS) is 11.0. The van der Waals surface area contributed by atoms with Crippen LogP contribution in [0.3, 0.4) is 0 Å². The summed E-state index contributed by atoms with van der Waals surface area (Å²) in [7, 11) is 1.69. The van der Waals surface area contributed by atoms with Gasteiger partial charge in [-0.25, -0.2) is 0 Å². The highest BCUT2D eigenvalue weighted by Gasteiger charge is 2.17. The van der Waals surface area contributed by atoms with Crippen LogP contribution in [-0.2, 0) is 24.2 Å². The van der Waals surface area contributed by atoms with Gasteiger partial charge in [-0.1, -0.05) is 29.4 Å². The topological polar surface area (TPSA) is 85.3 Å². The van der Waals surface area contributed by atoms with Crippen molar-refractivity contribution < 1.29 is 13.8 Å². The van der Waals surface area contributed by atoms with E-state index in [9.17, 15) is 4.79 Å². The van der Waals surface area contributed by atoms with Crippen LogP contribution in [0.15, 0.2) is 33.3 Å². The second kappa shape index (κ2) is 5.97. The molecule has 0 aliphatic rings. The molecule has 0 spiro atoms. The van der Waals surface area contributed by atoms with Crippen molar-refractivity contribution in [3.8, 4) is 0 Å². The molecule has 2 aromatic heterocycles. The molecule has 0 radical (unpaired) electrons. The van der Waals surface area contributed by atoms with E-state index in [0.29, 0.717) is 29.4 Å². The average molecular weight is 300 g/mol. The van der Waals surface area contributed by atoms with E-state index in [0.717, 1.165) is 5.39 Å². The van der Waals surface area contributed by atoms with Gasteiger partial charge in [0.15, 0.2) is 11.4 Å². The fourth-order valence-corrected chi connectivity index (χ4v) is 2.13. The van der Waals surface area contributed by atoms with Gasteiger partial charge in [0.25, 0.3) is 0 Å². The van der Waals surface area contributed by atoms with Crippen LogP contribution in [0.5, 0.6) is 0 Å². The Morgan fingerprint density at radius 2 is 2.05 bits per heavy atom. The van der Waals surface area contributed by atoms with E-state index in [1.165, 1.54) is 4.90 Å². The fraction of sp³-hybridized carbons (Fsp3) is 0.333. The summed E-state index contributed by atoms with van der Waals surface area (Å²) in [6.45, 7) is 2.22. The molecule has 3 rings (SSSR count). The van der Waals surface area contributed by atoms with Crippen molar-refractivity contribution in [2.24, 2.45) is 0 Å². The maximum atomic E-state index is 12.3. The molecule has 7 heteroatoms. The van der Waals surface area contributed by atoms with E-state index in [1.54, 1.807) is 7.05 Å². The number of aromatic nitrogens is 3. The molecule has 2 heterocycles. The average Bonchev–Trinajstić information content (AvgIpc) is 3.14. The lowest BCUT2D eigenvalue weighted by atomic mass is 10.1. The Hall–Kier alpha value is -2.70. The highest BCUT2D eigenvalue weighted by molar-refractivity contribution is 5.86. The van der Waals surface area contributed by atoms with Crippen LogP contribution in [0.25, 0.3) is 11.0 Å². The summed E-state index contributed by atoms with van der Waals surface area (Å²) in [5.74, 6) is 0.978. The minimum atomic E-state index is -0.0877. The Morgan fingerprint density at radius 1 is 1.23 bits per heavy atom. The van der Waals surface area contributed by atoms with Gasteiger partial charge >= 0.3 is 0 Å². The van der Waals surface area contributed by atoms with E-state index in [2.05, 4.69) is 15.3 Å². The fourth-order valence-electron chi connectivity index (χ4n) is 2.13.